The summed E-state index contributed by atoms with van der Waals surface area (Å²) >= 11 is 0. The molecule has 0 atom stereocenters. The van der Waals surface area contributed by atoms with Crippen LogP contribution in [0.3, 0.4) is 0 Å². The molecule has 0 saturated carbocycles. The Balaban J connectivity index is 1.32. The van der Waals surface area contributed by atoms with E-state index in [-0.39, 0.29) is 0 Å². The molecule has 0 amide bonds. The van der Waals surface area contributed by atoms with E-state index in [9.17, 15) is 0 Å². The molecular weight excluding hydrogens is 394 g/mol. The normalized spacial score (nSPS) is 15.2. The standard InChI is InChI=1S/C28H39N3O/c1-23-13-11-14-24(2)28(23)32-22-10-9-21-31-26-16-6-5-15-25(26)29-27(31)17-12-20-30-18-7-3-4-8-19-30/h5-6,11,13-16H,3-4,7-10,12,17-22H2,1-2H3. The molecule has 0 radical (unpaired) electrons. The lowest BCUT2D eigenvalue weighted by molar-refractivity contribution is 0.280. The second-order valence-electron chi connectivity index (χ2n) is 9.30. The van der Waals surface area contributed by atoms with Gasteiger partial charge in [0.15, 0.2) is 0 Å². The fourth-order valence-corrected chi connectivity index (χ4v) is 4.96. The number of hydrogen-bond acceptors (Lipinski definition) is 3. The first-order valence-corrected chi connectivity index (χ1v) is 12.6. The third-order valence-electron chi connectivity index (χ3n) is 6.74. The number of rotatable bonds is 10. The van der Waals surface area contributed by atoms with E-state index in [2.05, 4.69) is 65.8 Å². The van der Waals surface area contributed by atoms with Crippen molar-refractivity contribution in [3.8, 4) is 5.75 Å². The van der Waals surface area contributed by atoms with Gasteiger partial charge in [-0.25, -0.2) is 4.98 Å². The molecule has 4 rings (SSSR count). The third-order valence-corrected chi connectivity index (χ3v) is 6.74. The van der Waals surface area contributed by atoms with Crippen molar-refractivity contribution in [1.82, 2.24) is 14.5 Å². The molecule has 1 aliphatic rings. The number of unbranched alkanes of at least 4 members (excludes halogenated alkanes) is 1. The second kappa shape index (κ2) is 11.5. The minimum absolute atomic E-state index is 0.766. The number of hydrogen-bond donors (Lipinski definition) is 0. The van der Waals surface area contributed by atoms with E-state index in [1.807, 2.05) is 0 Å². The van der Waals surface area contributed by atoms with Gasteiger partial charge in [-0.15, -0.1) is 0 Å². The van der Waals surface area contributed by atoms with Crippen molar-refractivity contribution in [2.75, 3.05) is 26.2 Å². The van der Waals surface area contributed by atoms with E-state index in [1.165, 1.54) is 74.2 Å². The van der Waals surface area contributed by atoms with Crippen molar-refractivity contribution >= 4 is 11.0 Å². The molecule has 4 heteroatoms. The monoisotopic (exact) mass is 433 g/mol. The maximum Gasteiger partial charge on any atom is 0.125 e. The number of fused-ring (bicyclic) bond motifs is 1. The molecule has 32 heavy (non-hydrogen) atoms. The van der Waals surface area contributed by atoms with Gasteiger partial charge in [-0.1, -0.05) is 43.2 Å². The first kappa shape index (κ1) is 22.8. The summed E-state index contributed by atoms with van der Waals surface area (Å²) in [5.41, 5.74) is 4.84. The number of aryl methyl sites for hydroxylation is 4. The van der Waals surface area contributed by atoms with Crippen LogP contribution in [0.4, 0.5) is 0 Å². The van der Waals surface area contributed by atoms with Crippen LogP contribution in [0.5, 0.6) is 5.75 Å². The molecule has 0 spiro atoms. The molecule has 1 fully saturated rings. The highest BCUT2D eigenvalue weighted by atomic mass is 16.5. The molecule has 2 heterocycles. The van der Waals surface area contributed by atoms with Crippen LogP contribution in [-0.2, 0) is 13.0 Å². The maximum atomic E-state index is 6.12. The van der Waals surface area contributed by atoms with Crippen LogP contribution >= 0.6 is 0 Å². The summed E-state index contributed by atoms with van der Waals surface area (Å²) in [7, 11) is 0. The van der Waals surface area contributed by atoms with E-state index in [0.29, 0.717) is 0 Å². The second-order valence-corrected chi connectivity index (χ2v) is 9.30. The molecule has 1 aromatic heterocycles. The highest BCUT2D eigenvalue weighted by molar-refractivity contribution is 5.75. The van der Waals surface area contributed by atoms with Gasteiger partial charge in [0, 0.05) is 13.0 Å². The smallest absolute Gasteiger partial charge is 0.125 e. The molecule has 0 bridgehead atoms. The number of nitrogens with zero attached hydrogens (tertiary/aromatic N) is 3. The zero-order valence-electron chi connectivity index (χ0n) is 20.0. The maximum absolute atomic E-state index is 6.12. The van der Waals surface area contributed by atoms with Gasteiger partial charge in [-0.2, -0.15) is 0 Å². The lowest BCUT2D eigenvalue weighted by Gasteiger charge is -2.19. The van der Waals surface area contributed by atoms with Crippen molar-refractivity contribution < 1.29 is 4.74 Å². The summed E-state index contributed by atoms with van der Waals surface area (Å²) in [6.07, 6.45) is 9.94. The molecular formula is C28H39N3O. The van der Waals surface area contributed by atoms with Crippen LogP contribution in [0.1, 0.15) is 61.9 Å². The Morgan fingerprint density at radius 3 is 2.34 bits per heavy atom. The lowest BCUT2D eigenvalue weighted by atomic mass is 10.1. The van der Waals surface area contributed by atoms with Gasteiger partial charge >= 0.3 is 0 Å². The number of benzene rings is 2. The third kappa shape index (κ3) is 5.92. The van der Waals surface area contributed by atoms with E-state index < -0.39 is 0 Å². The number of para-hydroxylation sites is 3. The van der Waals surface area contributed by atoms with E-state index in [0.717, 1.165) is 43.7 Å². The van der Waals surface area contributed by atoms with E-state index >= 15 is 0 Å². The van der Waals surface area contributed by atoms with E-state index in [4.69, 9.17) is 9.72 Å². The van der Waals surface area contributed by atoms with Crippen molar-refractivity contribution in [1.29, 1.82) is 0 Å². The van der Waals surface area contributed by atoms with Crippen LogP contribution in [0, 0.1) is 13.8 Å². The highest BCUT2D eigenvalue weighted by Crippen LogP contribution is 2.23. The average molecular weight is 434 g/mol. The van der Waals surface area contributed by atoms with E-state index in [1.54, 1.807) is 0 Å². The van der Waals surface area contributed by atoms with Crippen molar-refractivity contribution in [2.45, 2.75) is 71.8 Å². The quantitative estimate of drug-likeness (QED) is 0.350. The molecule has 0 unspecified atom stereocenters. The summed E-state index contributed by atoms with van der Waals surface area (Å²) < 4.78 is 8.57. The minimum atomic E-state index is 0.766. The first-order valence-electron chi connectivity index (χ1n) is 12.6. The van der Waals surface area contributed by atoms with Gasteiger partial charge in [0.1, 0.15) is 11.6 Å². The van der Waals surface area contributed by atoms with Crippen LogP contribution in [-0.4, -0.2) is 40.7 Å². The first-order chi connectivity index (χ1) is 15.7. The molecule has 0 N–H and O–H groups in total. The van der Waals surface area contributed by atoms with Gasteiger partial charge in [0.2, 0.25) is 0 Å². The van der Waals surface area contributed by atoms with Gasteiger partial charge in [0.25, 0.3) is 0 Å². The Morgan fingerprint density at radius 1 is 0.812 bits per heavy atom. The molecule has 3 aromatic rings. The Kier molecular flexibility index (Phi) is 8.22. The molecule has 2 aromatic carbocycles. The topological polar surface area (TPSA) is 30.3 Å². The molecule has 0 aliphatic carbocycles. The Bertz CT molecular complexity index is 965. The summed E-state index contributed by atoms with van der Waals surface area (Å²) in [6, 6.07) is 14.9. The van der Waals surface area contributed by atoms with Crippen LogP contribution in [0.25, 0.3) is 11.0 Å². The summed E-state index contributed by atoms with van der Waals surface area (Å²) in [5.74, 6) is 2.30. The summed E-state index contributed by atoms with van der Waals surface area (Å²) in [5, 5.41) is 0. The van der Waals surface area contributed by atoms with Crippen LogP contribution < -0.4 is 4.74 Å². The van der Waals surface area contributed by atoms with Gasteiger partial charge in [0.05, 0.1) is 17.6 Å². The largest absolute Gasteiger partial charge is 0.493 e. The number of imidazole rings is 1. The Labute approximate surface area is 193 Å². The van der Waals surface area contributed by atoms with Crippen molar-refractivity contribution in [3.63, 3.8) is 0 Å². The predicted octanol–water partition coefficient (Wildman–Crippen LogP) is 6.32. The van der Waals surface area contributed by atoms with Gasteiger partial charge < -0.3 is 14.2 Å². The highest BCUT2D eigenvalue weighted by Gasteiger charge is 2.13. The average Bonchev–Trinajstić information content (AvgIpc) is 2.94. The molecule has 172 valence electrons. The van der Waals surface area contributed by atoms with Crippen LogP contribution in [0.2, 0.25) is 0 Å². The minimum Gasteiger partial charge on any atom is -0.493 e. The summed E-state index contributed by atoms with van der Waals surface area (Å²) in [4.78, 5) is 7.65. The van der Waals surface area contributed by atoms with Gasteiger partial charge in [-0.3, -0.25) is 0 Å². The predicted molar refractivity (Wildman–Crippen MR) is 134 cm³/mol. The number of aromatic nitrogens is 2. The van der Waals surface area contributed by atoms with Crippen molar-refractivity contribution in [2.24, 2.45) is 0 Å². The summed E-state index contributed by atoms with van der Waals surface area (Å²) in [6.45, 7) is 9.77. The van der Waals surface area contributed by atoms with Crippen LogP contribution in [0.15, 0.2) is 42.5 Å². The fraction of sp³-hybridized carbons (Fsp3) is 0.536. The van der Waals surface area contributed by atoms with Crippen molar-refractivity contribution in [3.05, 3.63) is 59.4 Å². The fourth-order valence-electron chi connectivity index (χ4n) is 4.96. The zero-order valence-corrected chi connectivity index (χ0v) is 20.0. The molecule has 1 saturated heterocycles. The number of ether oxygens (including phenoxy) is 1. The number of likely N-dealkylation sites (tertiary alicyclic amines) is 1. The van der Waals surface area contributed by atoms with Gasteiger partial charge in [-0.05, 0) is 88.8 Å². The zero-order chi connectivity index (χ0) is 22.2. The lowest BCUT2D eigenvalue weighted by Crippen LogP contribution is -2.26. The molecule has 1 aliphatic heterocycles. The Hall–Kier alpha value is -2.33. The molecule has 4 nitrogen and oxygen atoms in total. The SMILES string of the molecule is Cc1cccc(C)c1OCCCCn1c(CCCN2CCCCCC2)nc2ccccc21. The Morgan fingerprint density at radius 2 is 1.56 bits per heavy atom.